The van der Waals surface area contributed by atoms with Crippen molar-refractivity contribution in [3.8, 4) is 23.3 Å². The molecule has 3 rings (SSSR count). The molecule has 1 aliphatic rings. The van der Waals surface area contributed by atoms with Gasteiger partial charge in [-0.15, -0.1) is 0 Å². The van der Waals surface area contributed by atoms with Crippen LogP contribution < -0.4 is 10.6 Å². The van der Waals surface area contributed by atoms with Gasteiger partial charge in [-0.2, -0.15) is 10.5 Å². The van der Waals surface area contributed by atoms with E-state index in [1.54, 1.807) is 25.4 Å². The van der Waals surface area contributed by atoms with Crippen molar-refractivity contribution in [3.63, 3.8) is 0 Å². The Hall–Kier alpha value is -3.26. The number of methoxy groups -OCH3 is 1. The van der Waals surface area contributed by atoms with Crippen LogP contribution in [-0.2, 0) is 16.0 Å². The van der Waals surface area contributed by atoms with E-state index in [1.807, 2.05) is 31.2 Å². The Labute approximate surface area is 171 Å². The number of rotatable bonds is 6. The molecule has 1 unspecified atom stereocenters. The van der Waals surface area contributed by atoms with E-state index in [2.05, 4.69) is 28.6 Å². The number of hydrogen-bond donors (Lipinski definition) is 2. The summed E-state index contributed by atoms with van der Waals surface area (Å²) >= 11 is 0. The van der Waals surface area contributed by atoms with Crippen LogP contribution in [0.4, 0.5) is 0 Å². The molecule has 0 aliphatic carbocycles. The summed E-state index contributed by atoms with van der Waals surface area (Å²) in [6.45, 7) is 6.03. The third-order valence-electron chi connectivity index (χ3n) is 4.85. The SMILES string of the molecule is COC1(C)CNC1.Cc1cc(-c2ccc(C#N)cc2)cnc1CC(C#N)NC=O. The molecule has 2 aromatic rings. The Kier molecular flexibility index (Phi) is 7.85. The molecular weight excluding hydrogens is 366 g/mol. The van der Waals surface area contributed by atoms with Gasteiger partial charge in [-0.1, -0.05) is 12.1 Å². The van der Waals surface area contributed by atoms with E-state index in [1.165, 1.54) is 0 Å². The monoisotopic (exact) mass is 391 g/mol. The van der Waals surface area contributed by atoms with Crippen molar-refractivity contribution in [2.24, 2.45) is 0 Å². The summed E-state index contributed by atoms with van der Waals surface area (Å²) in [5.41, 5.74) is 4.42. The minimum absolute atomic E-state index is 0.153. The van der Waals surface area contributed by atoms with Crippen LogP contribution in [0.2, 0.25) is 0 Å². The molecule has 1 aliphatic heterocycles. The normalized spacial score (nSPS) is 14.8. The number of aryl methyl sites for hydroxylation is 1. The molecule has 0 bridgehead atoms. The average molecular weight is 391 g/mol. The van der Waals surface area contributed by atoms with E-state index in [9.17, 15) is 4.79 Å². The second-order valence-electron chi connectivity index (χ2n) is 7.10. The first-order valence-electron chi connectivity index (χ1n) is 9.26. The minimum Gasteiger partial charge on any atom is -0.376 e. The first-order chi connectivity index (χ1) is 13.9. The Bertz CT molecular complexity index is 903. The molecule has 1 amide bonds. The average Bonchev–Trinajstić information content (AvgIpc) is 2.73. The summed E-state index contributed by atoms with van der Waals surface area (Å²) < 4.78 is 5.11. The molecule has 29 heavy (non-hydrogen) atoms. The van der Waals surface area contributed by atoms with Crippen LogP contribution in [0, 0.1) is 29.6 Å². The molecule has 2 heterocycles. The predicted octanol–water partition coefficient (Wildman–Crippen LogP) is 2.10. The number of ether oxygens (including phenoxy) is 1. The van der Waals surface area contributed by atoms with E-state index >= 15 is 0 Å². The van der Waals surface area contributed by atoms with Gasteiger partial charge in [0.1, 0.15) is 6.04 Å². The smallest absolute Gasteiger partial charge is 0.208 e. The zero-order chi connectivity index (χ0) is 21.3. The van der Waals surface area contributed by atoms with Gasteiger partial charge in [0.25, 0.3) is 0 Å². The number of hydrogen-bond acceptors (Lipinski definition) is 6. The molecule has 2 N–H and O–H groups in total. The zero-order valence-corrected chi connectivity index (χ0v) is 16.9. The first-order valence-corrected chi connectivity index (χ1v) is 9.26. The van der Waals surface area contributed by atoms with Gasteiger partial charge in [0.15, 0.2) is 0 Å². The molecule has 1 fully saturated rings. The van der Waals surface area contributed by atoms with Gasteiger partial charge in [-0.05, 0) is 43.2 Å². The number of nitriles is 2. The summed E-state index contributed by atoms with van der Waals surface area (Å²) in [6, 6.07) is 12.8. The molecule has 7 nitrogen and oxygen atoms in total. The van der Waals surface area contributed by atoms with E-state index in [0.717, 1.165) is 35.5 Å². The van der Waals surface area contributed by atoms with Crippen molar-refractivity contribution in [1.82, 2.24) is 15.6 Å². The Morgan fingerprint density at radius 1 is 1.31 bits per heavy atom. The number of carbonyl (C=O) groups excluding carboxylic acids is 1. The second kappa shape index (κ2) is 10.3. The van der Waals surface area contributed by atoms with Crippen LogP contribution >= 0.6 is 0 Å². The van der Waals surface area contributed by atoms with Gasteiger partial charge in [-0.3, -0.25) is 9.78 Å². The van der Waals surface area contributed by atoms with Crippen molar-refractivity contribution in [1.29, 1.82) is 10.5 Å². The summed E-state index contributed by atoms with van der Waals surface area (Å²) in [6.07, 6.45) is 2.63. The minimum atomic E-state index is -0.579. The van der Waals surface area contributed by atoms with Crippen molar-refractivity contribution in [2.45, 2.75) is 31.9 Å². The lowest BCUT2D eigenvalue weighted by atomic mass is 10.0. The number of benzene rings is 1. The number of amides is 1. The highest BCUT2D eigenvalue weighted by molar-refractivity contribution is 5.64. The van der Waals surface area contributed by atoms with Gasteiger partial charge in [0.2, 0.25) is 6.41 Å². The third-order valence-corrected chi connectivity index (χ3v) is 4.85. The fraction of sp³-hybridized carbons (Fsp3) is 0.364. The summed E-state index contributed by atoms with van der Waals surface area (Å²) in [4.78, 5) is 14.8. The molecule has 0 radical (unpaired) electrons. The second-order valence-corrected chi connectivity index (χ2v) is 7.10. The van der Waals surface area contributed by atoms with Crippen molar-refractivity contribution in [2.75, 3.05) is 20.2 Å². The molecule has 0 spiro atoms. The fourth-order valence-electron chi connectivity index (χ4n) is 2.75. The highest BCUT2D eigenvalue weighted by Crippen LogP contribution is 2.21. The van der Waals surface area contributed by atoms with Gasteiger partial charge in [0.05, 0.1) is 23.3 Å². The maximum Gasteiger partial charge on any atom is 0.208 e. The maximum atomic E-state index is 10.4. The first kappa shape index (κ1) is 22.0. The molecule has 150 valence electrons. The molecule has 1 atom stereocenters. The van der Waals surface area contributed by atoms with Crippen LogP contribution in [0.15, 0.2) is 36.5 Å². The maximum absolute atomic E-state index is 10.4. The van der Waals surface area contributed by atoms with Crippen molar-refractivity contribution >= 4 is 6.41 Å². The van der Waals surface area contributed by atoms with Crippen LogP contribution in [-0.4, -0.2) is 43.2 Å². The lowest BCUT2D eigenvalue weighted by molar-refractivity contribution is -0.109. The summed E-state index contributed by atoms with van der Waals surface area (Å²) in [5.74, 6) is 0. The molecular formula is C22H25N5O2. The lowest BCUT2D eigenvalue weighted by Crippen LogP contribution is -2.58. The van der Waals surface area contributed by atoms with Crippen LogP contribution in [0.5, 0.6) is 0 Å². The van der Waals surface area contributed by atoms with Gasteiger partial charge in [0, 0.05) is 44.1 Å². The van der Waals surface area contributed by atoms with Gasteiger partial charge < -0.3 is 15.4 Å². The standard InChI is InChI=1S/C17H14N4O.C5H11NO/c1-12-6-15(14-4-2-13(8-18)3-5-14)10-20-17(12)7-16(9-19)21-11-22;1-5(7-2)3-6-4-5/h2-6,10-11,16H,7H2,1H3,(H,21,22);6H,3-4H2,1-2H3. The third kappa shape index (κ3) is 6.11. The van der Waals surface area contributed by atoms with E-state index in [4.69, 9.17) is 15.3 Å². The Morgan fingerprint density at radius 3 is 2.41 bits per heavy atom. The predicted molar refractivity (Wildman–Crippen MR) is 110 cm³/mol. The number of aromatic nitrogens is 1. The van der Waals surface area contributed by atoms with Crippen molar-refractivity contribution in [3.05, 3.63) is 53.3 Å². The number of pyridine rings is 1. The fourth-order valence-corrected chi connectivity index (χ4v) is 2.75. The van der Waals surface area contributed by atoms with E-state index < -0.39 is 6.04 Å². The summed E-state index contributed by atoms with van der Waals surface area (Å²) in [7, 11) is 1.75. The highest BCUT2D eigenvalue weighted by Gasteiger charge is 2.30. The van der Waals surface area contributed by atoms with E-state index in [0.29, 0.717) is 18.4 Å². The zero-order valence-electron chi connectivity index (χ0n) is 16.9. The van der Waals surface area contributed by atoms with Crippen molar-refractivity contribution < 1.29 is 9.53 Å². The molecule has 7 heteroatoms. The van der Waals surface area contributed by atoms with Crippen LogP contribution in [0.25, 0.3) is 11.1 Å². The number of nitrogens with zero attached hydrogens (tertiary/aromatic N) is 3. The largest absolute Gasteiger partial charge is 0.376 e. The molecule has 1 aromatic heterocycles. The number of nitrogens with one attached hydrogen (secondary N) is 2. The molecule has 0 saturated carbocycles. The lowest BCUT2D eigenvalue weighted by Gasteiger charge is -2.37. The van der Waals surface area contributed by atoms with Crippen LogP contribution in [0.3, 0.4) is 0 Å². The quantitative estimate of drug-likeness (QED) is 0.730. The number of carbonyl (C=O) groups is 1. The van der Waals surface area contributed by atoms with Crippen LogP contribution in [0.1, 0.15) is 23.7 Å². The molecule has 1 aromatic carbocycles. The highest BCUT2D eigenvalue weighted by atomic mass is 16.5. The topological polar surface area (TPSA) is 111 Å². The van der Waals surface area contributed by atoms with Gasteiger partial charge >= 0.3 is 0 Å². The molecule has 1 saturated heterocycles. The Balaban J connectivity index is 0.000000360. The van der Waals surface area contributed by atoms with Gasteiger partial charge in [-0.25, -0.2) is 0 Å². The van der Waals surface area contributed by atoms with E-state index in [-0.39, 0.29) is 5.60 Å². The summed E-state index contributed by atoms with van der Waals surface area (Å²) in [5, 5.41) is 23.4. The Morgan fingerprint density at radius 2 is 2.00 bits per heavy atom.